The van der Waals surface area contributed by atoms with E-state index in [0.717, 1.165) is 37.6 Å². The smallest absolute Gasteiger partial charge is 0.243 e. The summed E-state index contributed by atoms with van der Waals surface area (Å²) < 4.78 is 5.20. The Kier molecular flexibility index (Phi) is 4.98. The number of benzene rings is 1. The molecule has 1 aromatic carbocycles. The summed E-state index contributed by atoms with van der Waals surface area (Å²) in [6, 6.07) is 7.47. The molecule has 1 N–H and O–H groups in total. The summed E-state index contributed by atoms with van der Waals surface area (Å²) in [4.78, 5) is 16.5. The topological polar surface area (TPSA) is 44.8 Å². The standard InChI is InChI=1S/C15H23N3O2/c1-12(18-9-7-16-8-10-18)15(19)17(2)13-5-4-6-14(11-13)20-3/h4-6,11-12,16H,7-10H2,1-3H3. The number of anilines is 1. The molecule has 0 saturated carbocycles. The summed E-state index contributed by atoms with van der Waals surface area (Å²) in [5, 5.41) is 3.30. The quantitative estimate of drug-likeness (QED) is 0.890. The SMILES string of the molecule is COc1cccc(N(C)C(=O)C(C)N2CCNCC2)c1. The Balaban J connectivity index is 2.06. The van der Waals surface area contributed by atoms with Crippen LogP contribution in [0, 0.1) is 0 Å². The molecule has 5 heteroatoms. The molecule has 0 bridgehead atoms. The molecule has 20 heavy (non-hydrogen) atoms. The van der Waals surface area contributed by atoms with Gasteiger partial charge in [0.2, 0.25) is 5.91 Å². The highest BCUT2D eigenvalue weighted by atomic mass is 16.5. The molecule has 5 nitrogen and oxygen atoms in total. The third-order valence-corrected chi connectivity index (χ3v) is 3.83. The molecule has 0 radical (unpaired) electrons. The van der Waals surface area contributed by atoms with Gasteiger partial charge in [-0.15, -0.1) is 0 Å². The van der Waals surface area contributed by atoms with Crippen molar-refractivity contribution in [3.63, 3.8) is 0 Å². The van der Waals surface area contributed by atoms with Crippen molar-refractivity contribution in [2.45, 2.75) is 13.0 Å². The number of hydrogen-bond acceptors (Lipinski definition) is 4. The van der Waals surface area contributed by atoms with Crippen LogP contribution in [0.15, 0.2) is 24.3 Å². The zero-order valence-electron chi connectivity index (χ0n) is 12.4. The first-order valence-electron chi connectivity index (χ1n) is 7.00. The molecule has 1 aromatic rings. The van der Waals surface area contributed by atoms with E-state index in [1.807, 2.05) is 38.2 Å². The first-order valence-corrected chi connectivity index (χ1v) is 7.00. The van der Waals surface area contributed by atoms with Crippen LogP contribution in [0.1, 0.15) is 6.92 Å². The Labute approximate surface area is 120 Å². The Hall–Kier alpha value is -1.59. The van der Waals surface area contributed by atoms with Gasteiger partial charge in [-0.05, 0) is 19.1 Å². The van der Waals surface area contributed by atoms with Crippen molar-refractivity contribution in [2.75, 3.05) is 45.2 Å². The van der Waals surface area contributed by atoms with Crippen molar-refractivity contribution in [3.8, 4) is 5.75 Å². The summed E-state index contributed by atoms with van der Waals surface area (Å²) in [7, 11) is 3.44. The lowest BCUT2D eigenvalue weighted by molar-refractivity contribution is -0.123. The molecule has 1 atom stereocenters. The Morgan fingerprint density at radius 3 is 2.75 bits per heavy atom. The van der Waals surface area contributed by atoms with E-state index in [1.165, 1.54) is 0 Å². The van der Waals surface area contributed by atoms with E-state index in [0.29, 0.717) is 0 Å². The number of hydrogen-bond donors (Lipinski definition) is 1. The molecule has 0 aromatic heterocycles. The van der Waals surface area contributed by atoms with Crippen molar-refractivity contribution in [1.29, 1.82) is 0 Å². The van der Waals surface area contributed by atoms with Gasteiger partial charge < -0.3 is 15.0 Å². The maximum Gasteiger partial charge on any atom is 0.243 e. The van der Waals surface area contributed by atoms with Crippen LogP contribution in [-0.4, -0.2) is 57.2 Å². The molecule has 1 heterocycles. The second-order valence-electron chi connectivity index (χ2n) is 5.06. The Morgan fingerprint density at radius 1 is 1.40 bits per heavy atom. The number of methoxy groups -OCH3 is 1. The highest BCUT2D eigenvalue weighted by molar-refractivity contribution is 5.96. The number of carbonyl (C=O) groups excluding carboxylic acids is 1. The molecule has 1 aliphatic rings. The van der Waals surface area contributed by atoms with Crippen LogP contribution in [0.5, 0.6) is 5.75 Å². The molecular weight excluding hydrogens is 254 g/mol. The first kappa shape index (κ1) is 14.8. The lowest BCUT2D eigenvalue weighted by Crippen LogP contribution is -2.53. The second kappa shape index (κ2) is 6.72. The van der Waals surface area contributed by atoms with Gasteiger partial charge >= 0.3 is 0 Å². The molecular formula is C15H23N3O2. The number of nitrogens with zero attached hydrogens (tertiary/aromatic N) is 2. The van der Waals surface area contributed by atoms with Crippen LogP contribution in [-0.2, 0) is 4.79 Å². The maximum absolute atomic E-state index is 12.6. The van der Waals surface area contributed by atoms with E-state index in [4.69, 9.17) is 4.74 Å². The molecule has 0 aliphatic carbocycles. The minimum absolute atomic E-state index is 0.103. The van der Waals surface area contributed by atoms with E-state index in [-0.39, 0.29) is 11.9 Å². The van der Waals surface area contributed by atoms with Crippen LogP contribution < -0.4 is 15.0 Å². The average molecular weight is 277 g/mol. The maximum atomic E-state index is 12.6. The van der Waals surface area contributed by atoms with Gasteiger partial charge in [0.25, 0.3) is 0 Å². The van der Waals surface area contributed by atoms with Crippen molar-refractivity contribution in [3.05, 3.63) is 24.3 Å². The van der Waals surface area contributed by atoms with Gasteiger partial charge in [0.05, 0.1) is 13.2 Å². The molecule has 2 rings (SSSR count). The van der Waals surface area contributed by atoms with Crippen molar-refractivity contribution < 1.29 is 9.53 Å². The average Bonchev–Trinajstić information content (AvgIpc) is 2.53. The number of piperazine rings is 1. The van der Waals surface area contributed by atoms with Crippen LogP contribution in [0.25, 0.3) is 0 Å². The fourth-order valence-electron chi connectivity index (χ4n) is 2.45. The number of nitrogens with one attached hydrogen (secondary N) is 1. The second-order valence-corrected chi connectivity index (χ2v) is 5.06. The van der Waals surface area contributed by atoms with E-state index < -0.39 is 0 Å². The van der Waals surface area contributed by atoms with Crippen LogP contribution >= 0.6 is 0 Å². The predicted molar refractivity (Wildman–Crippen MR) is 80.3 cm³/mol. The number of likely N-dealkylation sites (N-methyl/N-ethyl adjacent to an activating group) is 1. The van der Waals surface area contributed by atoms with Crippen molar-refractivity contribution in [2.24, 2.45) is 0 Å². The summed E-state index contributed by atoms with van der Waals surface area (Å²) >= 11 is 0. The molecule has 1 amide bonds. The largest absolute Gasteiger partial charge is 0.497 e. The minimum Gasteiger partial charge on any atom is -0.497 e. The van der Waals surface area contributed by atoms with Gasteiger partial charge in [0, 0.05) is 45.0 Å². The summed E-state index contributed by atoms with van der Waals surface area (Å²) in [5.41, 5.74) is 0.858. The summed E-state index contributed by atoms with van der Waals surface area (Å²) in [5.74, 6) is 0.872. The number of carbonyl (C=O) groups is 1. The fraction of sp³-hybridized carbons (Fsp3) is 0.533. The predicted octanol–water partition coefficient (Wildman–Crippen LogP) is 0.952. The lowest BCUT2D eigenvalue weighted by Gasteiger charge is -2.34. The highest BCUT2D eigenvalue weighted by Gasteiger charge is 2.25. The highest BCUT2D eigenvalue weighted by Crippen LogP contribution is 2.21. The molecule has 1 saturated heterocycles. The van der Waals surface area contributed by atoms with E-state index in [2.05, 4.69) is 10.2 Å². The lowest BCUT2D eigenvalue weighted by atomic mass is 10.2. The molecule has 1 fully saturated rings. The summed E-state index contributed by atoms with van der Waals surface area (Å²) in [6.07, 6.45) is 0. The van der Waals surface area contributed by atoms with Crippen LogP contribution in [0.4, 0.5) is 5.69 Å². The fourth-order valence-corrected chi connectivity index (χ4v) is 2.45. The van der Waals surface area contributed by atoms with Gasteiger partial charge in [0.1, 0.15) is 5.75 Å². The molecule has 1 unspecified atom stereocenters. The first-order chi connectivity index (χ1) is 9.63. The van der Waals surface area contributed by atoms with Gasteiger partial charge in [-0.25, -0.2) is 0 Å². The van der Waals surface area contributed by atoms with Gasteiger partial charge in [0.15, 0.2) is 0 Å². The Bertz CT molecular complexity index is 458. The van der Waals surface area contributed by atoms with Gasteiger partial charge in [-0.1, -0.05) is 6.07 Å². The number of amides is 1. The zero-order valence-corrected chi connectivity index (χ0v) is 12.4. The van der Waals surface area contributed by atoms with E-state index in [9.17, 15) is 4.79 Å². The van der Waals surface area contributed by atoms with E-state index in [1.54, 1.807) is 12.0 Å². The zero-order chi connectivity index (χ0) is 14.5. The third-order valence-electron chi connectivity index (χ3n) is 3.83. The molecule has 0 spiro atoms. The normalized spacial score (nSPS) is 17.6. The van der Waals surface area contributed by atoms with Gasteiger partial charge in [-0.3, -0.25) is 9.69 Å². The van der Waals surface area contributed by atoms with Crippen molar-refractivity contribution >= 4 is 11.6 Å². The van der Waals surface area contributed by atoms with Crippen molar-refractivity contribution in [1.82, 2.24) is 10.2 Å². The number of rotatable bonds is 4. The third kappa shape index (κ3) is 3.29. The van der Waals surface area contributed by atoms with Crippen LogP contribution in [0.3, 0.4) is 0 Å². The minimum atomic E-state index is -0.103. The molecule has 1 aliphatic heterocycles. The monoisotopic (exact) mass is 277 g/mol. The van der Waals surface area contributed by atoms with Crippen LogP contribution in [0.2, 0.25) is 0 Å². The van der Waals surface area contributed by atoms with E-state index >= 15 is 0 Å². The molecule has 110 valence electrons. The van der Waals surface area contributed by atoms with Gasteiger partial charge in [-0.2, -0.15) is 0 Å². The number of ether oxygens (including phenoxy) is 1. The summed E-state index contributed by atoms with van der Waals surface area (Å²) in [6.45, 7) is 5.70. The Morgan fingerprint density at radius 2 is 2.10 bits per heavy atom.